The number of nitro benzene ring substituents is 1. The van der Waals surface area contributed by atoms with Crippen LogP contribution in [0.2, 0.25) is 10.3 Å². The Kier molecular flexibility index (Phi) is 5.46. The average molecular weight is 354 g/mol. The first-order chi connectivity index (χ1) is 10.9. The summed E-state index contributed by atoms with van der Waals surface area (Å²) in [4.78, 5) is 24.1. The summed E-state index contributed by atoms with van der Waals surface area (Å²) in [5.74, 6) is 0.168. The van der Waals surface area contributed by atoms with Gasteiger partial charge in [-0.15, -0.1) is 0 Å². The molecule has 2 aromatic rings. The second-order valence-corrected chi connectivity index (χ2v) is 5.61. The number of benzene rings is 1. The third-order valence-corrected chi connectivity index (χ3v) is 3.45. The SMILES string of the molecule is CN(C)/C=N/c1nc(Cl)c(Cc2ccc([N+](=O)[O-])cc2)c(Cl)n1. The molecule has 0 aliphatic rings. The fraction of sp³-hybridized carbons (Fsp3) is 0.214. The molecule has 0 aliphatic heterocycles. The highest BCUT2D eigenvalue weighted by atomic mass is 35.5. The number of aromatic nitrogens is 2. The number of halogens is 2. The van der Waals surface area contributed by atoms with Gasteiger partial charge in [0, 0.05) is 38.2 Å². The number of hydrogen-bond donors (Lipinski definition) is 0. The van der Waals surface area contributed by atoms with Crippen molar-refractivity contribution in [3.05, 3.63) is 55.8 Å². The number of rotatable bonds is 5. The van der Waals surface area contributed by atoms with Crippen molar-refractivity contribution >= 4 is 41.2 Å². The fourth-order valence-electron chi connectivity index (χ4n) is 1.73. The zero-order valence-corrected chi connectivity index (χ0v) is 13.9. The molecule has 23 heavy (non-hydrogen) atoms. The van der Waals surface area contributed by atoms with Crippen LogP contribution in [0.15, 0.2) is 29.3 Å². The zero-order valence-electron chi connectivity index (χ0n) is 12.4. The summed E-state index contributed by atoms with van der Waals surface area (Å²) < 4.78 is 0. The molecule has 0 spiro atoms. The Labute approximate surface area is 142 Å². The van der Waals surface area contributed by atoms with Crippen LogP contribution in [0.1, 0.15) is 11.1 Å². The Morgan fingerprint density at radius 2 is 1.78 bits per heavy atom. The van der Waals surface area contributed by atoms with Gasteiger partial charge in [-0.25, -0.2) is 4.99 Å². The molecule has 0 aliphatic carbocycles. The maximum atomic E-state index is 10.7. The molecular formula is C14H13Cl2N5O2. The molecule has 7 nitrogen and oxygen atoms in total. The number of non-ortho nitro benzene ring substituents is 1. The van der Waals surface area contributed by atoms with Crippen molar-refractivity contribution in [1.82, 2.24) is 14.9 Å². The van der Waals surface area contributed by atoms with Gasteiger partial charge in [-0.2, -0.15) is 9.97 Å². The van der Waals surface area contributed by atoms with Gasteiger partial charge < -0.3 is 4.90 Å². The number of aliphatic imine (C=N–C) groups is 1. The average Bonchev–Trinajstić information content (AvgIpc) is 2.49. The van der Waals surface area contributed by atoms with Crippen molar-refractivity contribution < 1.29 is 4.92 Å². The second-order valence-electron chi connectivity index (χ2n) is 4.89. The van der Waals surface area contributed by atoms with E-state index < -0.39 is 4.92 Å². The molecule has 0 bridgehead atoms. The number of hydrogen-bond acceptors (Lipinski definition) is 5. The molecule has 1 aromatic heterocycles. The van der Waals surface area contributed by atoms with Crippen LogP contribution in [0, 0.1) is 10.1 Å². The van der Waals surface area contributed by atoms with Crippen LogP contribution in [0.25, 0.3) is 0 Å². The highest BCUT2D eigenvalue weighted by Gasteiger charge is 2.13. The first kappa shape index (κ1) is 17.1. The minimum atomic E-state index is -0.454. The van der Waals surface area contributed by atoms with E-state index in [0.717, 1.165) is 5.56 Å². The quantitative estimate of drug-likeness (QED) is 0.270. The lowest BCUT2D eigenvalue weighted by Crippen LogP contribution is -2.07. The van der Waals surface area contributed by atoms with E-state index in [1.54, 1.807) is 17.0 Å². The lowest BCUT2D eigenvalue weighted by Gasteiger charge is -2.07. The van der Waals surface area contributed by atoms with Crippen molar-refractivity contribution in [2.75, 3.05) is 14.1 Å². The van der Waals surface area contributed by atoms with E-state index in [0.29, 0.717) is 12.0 Å². The number of nitro groups is 1. The molecule has 0 saturated carbocycles. The van der Waals surface area contributed by atoms with Crippen LogP contribution in [-0.4, -0.2) is 40.2 Å². The van der Waals surface area contributed by atoms with Gasteiger partial charge in [0.2, 0.25) is 0 Å². The van der Waals surface area contributed by atoms with Crippen LogP contribution < -0.4 is 0 Å². The zero-order chi connectivity index (χ0) is 17.0. The summed E-state index contributed by atoms with van der Waals surface area (Å²) in [5.41, 5.74) is 1.38. The van der Waals surface area contributed by atoms with Crippen molar-refractivity contribution in [2.24, 2.45) is 4.99 Å². The summed E-state index contributed by atoms with van der Waals surface area (Å²) in [7, 11) is 3.63. The monoisotopic (exact) mass is 353 g/mol. The third kappa shape index (κ3) is 4.61. The predicted octanol–water partition coefficient (Wildman–Crippen LogP) is 3.50. The van der Waals surface area contributed by atoms with E-state index in [2.05, 4.69) is 15.0 Å². The molecule has 0 unspecified atom stereocenters. The van der Waals surface area contributed by atoms with E-state index >= 15 is 0 Å². The van der Waals surface area contributed by atoms with Gasteiger partial charge in [0.05, 0.1) is 11.3 Å². The summed E-state index contributed by atoms with van der Waals surface area (Å²) >= 11 is 12.3. The smallest absolute Gasteiger partial charge is 0.269 e. The minimum Gasteiger partial charge on any atom is -0.369 e. The topological polar surface area (TPSA) is 84.5 Å². The first-order valence-corrected chi connectivity index (χ1v) is 7.28. The Balaban J connectivity index is 2.24. The molecule has 2 rings (SSSR count). The third-order valence-electron chi connectivity index (χ3n) is 2.83. The highest BCUT2D eigenvalue weighted by Crippen LogP contribution is 2.27. The van der Waals surface area contributed by atoms with Crippen LogP contribution in [-0.2, 0) is 6.42 Å². The molecule has 0 saturated heterocycles. The van der Waals surface area contributed by atoms with Crippen molar-refractivity contribution in [2.45, 2.75) is 6.42 Å². The first-order valence-electron chi connectivity index (χ1n) is 6.52. The molecule has 0 radical (unpaired) electrons. The van der Waals surface area contributed by atoms with E-state index in [9.17, 15) is 10.1 Å². The summed E-state index contributed by atoms with van der Waals surface area (Å²) in [6, 6.07) is 6.13. The molecule has 120 valence electrons. The Bertz CT molecular complexity index is 724. The number of nitrogens with zero attached hydrogens (tertiary/aromatic N) is 5. The molecule has 0 N–H and O–H groups in total. The van der Waals surface area contributed by atoms with Gasteiger partial charge in [0.25, 0.3) is 11.6 Å². The predicted molar refractivity (Wildman–Crippen MR) is 89.8 cm³/mol. The Morgan fingerprint density at radius 1 is 1.22 bits per heavy atom. The molecule has 9 heteroatoms. The van der Waals surface area contributed by atoms with Crippen LogP contribution in [0.4, 0.5) is 11.6 Å². The van der Waals surface area contributed by atoms with Gasteiger partial charge in [-0.3, -0.25) is 10.1 Å². The highest BCUT2D eigenvalue weighted by molar-refractivity contribution is 6.34. The molecule has 0 atom stereocenters. The van der Waals surface area contributed by atoms with Gasteiger partial charge in [-0.1, -0.05) is 35.3 Å². The maximum absolute atomic E-state index is 10.7. The Hall–Kier alpha value is -2.25. The van der Waals surface area contributed by atoms with Gasteiger partial charge >= 0.3 is 0 Å². The van der Waals surface area contributed by atoms with Crippen molar-refractivity contribution in [1.29, 1.82) is 0 Å². The van der Waals surface area contributed by atoms with E-state index in [-0.39, 0.29) is 21.9 Å². The van der Waals surface area contributed by atoms with Gasteiger partial charge in [0.15, 0.2) is 0 Å². The van der Waals surface area contributed by atoms with Crippen molar-refractivity contribution in [3.63, 3.8) is 0 Å². The largest absolute Gasteiger partial charge is 0.369 e. The summed E-state index contributed by atoms with van der Waals surface area (Å²) in [5, 5.41) is 11.1. The standard InChI is InChI=1S/C14H13Cl2N5O2/c1-20(2)8-17-14-18-12(15)11(13(16)19-14)7-9-3-5-10(6-4-9)21(22)23/h3-6,8H,7H2,1-2H3/b17-8+. The van der Waals surface area contributed by atoms with E-state index in [1.807, 2.05) is 14.1 Å². The van der Waals surface area contributed by atoms with Crippen molar-refractivity contribution in [3.8, 4) is 0 Å². The van der Waals surface area contributed by atoms with Crippen LogP contribution in [0.5, 0.6) is 0 Å². The Morgan fingerprint density at radius 3 is 2.26 bits per heavy atom. The van der Waals surface area contributed by atoms with Crippen LogP contribution in [0.3, 0.4) is 0 Å². The fourth-order valence-corrected chi connectivity index (χ4v) is 2.24. The van der Waals surface area contributed by atoms with Gasteiger partial charge in [0.1, 0.15) is 10.3 Å². The lowest BCUT2D eigenvalue weighted by molar-refractivity contribution is -0.384. The van der Waals surface area contributed by atoms with Crippen LogP contribution >= 0.6 is 23.2 Å². The summed E-state index contributed by atoms with van der Waals surface area (Å²) in [6.07, 6.45) is 1.91. The second kappa shape index (κ2) is 7.34. The van der Waals surface area contributed by atoms with Gasteiger partial charge in [-0.05, 0) is 5.56 Å². The molecule has 0 amide bonds. The summed E-state index contributed by atoms with van der Waals surface area (Å²) in [6.45, 7) is 0. The maximum Gasteiger partial charge on any atom is 0.269 e. The van der Waals surface area contributed by atoms with E-state index in [1.165, 1.54) is 18.5 Å². The molecular weight excluding hydrogens is 341 g/mol. The van der Waals surface area contributed by atoms with E-state index in [4.69, 9.17) is 23.2 Å². The molecule has 1 heterocycles. The lowest BCUT2D eigenvalue weighted by atomic mass is 10.1. The molecule has 1 aromatic carbocycles. The normalized spacial score (nSPS) is 11.0. The molecule has 0 fully saturated rings. The minimum absolute atomic E-state index is 0.0237.